The Morgan fingerprint density at radius 1 is 1.45 bits per heavy atom. The standard InChI is InChI=1S/C15H20N2O3/c1-2-9-20-13-6-4-3-5-12(13)17-15(19)11-7-8-14(18)16-10-11/h3-6,11H,2,7-10H2,1H3,(H,16,18)(H,17,19). The third-order valence-corrected chi connectivity index (χ3v) is 3.24. The number of hydrogen-bond donors (Lipinski definition) is 2. The van der Waals surface area contributed by atoms with Gasteiger partial charge in [-0.25, -0.2) is 0 Å². The summed E-state index contributed by atoms with van der Waals surface area (Å²) in [6.45, 7) is 3.06. The number of benzene rings is 1. The Kier molecular flexibility index (Phi) is 4.98. The van der Waals surface area contributed by atoms with Crippen LogP contribution in [0.4, 0.5) is 5.69 Å². The van der Waals surface area contributed by atoms with Crippen molar-refractivity contribution in [2.45, 2.75) is 26.2 Å². The van der Waals surface area contributed by atoms with Crippen molar-refractivity contribution in [2.75, 3.05) is 18.5 Å². The number of rotatable bonds is 5. The summed E-state index contributed by atoms with van der Waals surface area (Å²) in [5.41, 5.74) is 0.683. The molecule has 1 aromatic carbocycles. The third kappa shape index (κ3) is 3.73. The Bertz CT molecular complexity index is 478. The van der Waals surface area contributed by atoms with Gasteiger partial charge in [0.05, 0.1) is 18.2 Å². The molecule has 0 bridgehead atoms. The molecule has 0 aliphatic carbocycles. The molecule has 5 nitrogen and oxygen atoms in total. The second kappa shape index (κ2) is 6.93. The van der Waals surface area contributed by atoms with E-state index in [0.717, 1.165) is 6.42 Å². The van der Waals surface area contributed by atoms with Crippen molar-refractivity contribution in [3.63, 3.8) is 0 Å². The normalized spacial score (nSPS) is 18.2. The highest BCUT2D eigenvalue weighted by Gasteiger charge is 2.24. The molecule has 0 spiro atoms. The number of ether oxygens (including phenoxy) is 1. The van der Waals surface area contributed by atoms with Crippen LogP contribution in [0.5, 0.6) is 5.75 Å². The second-order valence-corrected chi connectivity index (χ2v) is 4.87. The molecule has 2 N–H and O–H groups in total. The van der Waals surface area contributed by atoms with E-state index >= 15 is 0 Å². The van der Waals surface area contributed by atoms with E-state index in [-0.39, 0.29) is 17.7 Å². The molecule has 2 rings (SSSR count). The second-order valence-electron chi connectivity index (χ2n) is 4.87. The minimum atomic E-state index is -0.174. The molecule has 5 heteroatoms. The first kappa shape index (κ1) is 14.4. The van der Waals surface area contributed by atoms with E-state index in [1.165, 1.54) is 0 Å². The Labute approximate surface area is 118 Å². The van der Waals surface area contributed by atoms with E-state index in [2.05, 4.69) is 10.6 Å². The molecule has 1 atom stereocenters. The van der Waals surface area contributed by atoms with Gasteiger partial charge in [-0.15, -0.1) is 0 Å². The predicted octanol–water partition coefficient (Wildman–Crippen LogP) is 1.94. The predicted molar refractivity (Wildman–Crippen MR) is 76.6 cm³/mol. The van der Waals surface area contributed by atoms with Gasteiger partial charge in [-0.3, -0.25) is 9.59 Å². The number of carbonyl (C=O) groups is 2. The lowest BCUT2D eigenvalue weighted by Gasteiger charge is -2.22. The molecule has 1 saturated heterocycles. The highest BCUT2D eigenvalue weighted by Crippen LogP contribution is 2.25. The fourth-order valence-corrected chi connectivity index (χ4v) is 2.10. The Balaban J connectivity index is 1.98. The van der Waals surface area contributed by atoms with Crippen LogP contribution in [0.3, 0.4) is 0 Å². The number of amides is 2. The zero-order valence-electron chi connectivity index (χ0n) is 11.6. The van der Waals surface area contributed by atoms with Crippen LogP contribution in [0.1, 0.15) is 26.2 Å². The zero-order chi connectivity index (χ0) is 14.4. The summed E-state index contributed by atoms with van der Waals surface area (Å²) in [5.74, 6) is 0.452. The summed E-state index contributed by atoms with van der Waals surface area (Å²) < 4.78 is 5.61. The minimum Gasteiger partial charge on any atom is -0.491 e. The molecule has 1 aliphatic rings. The number of hydrogen-bond acceptors (Lipinski definition) is 3. The zero-order valence-corrected chi connectivity index (χ0v) is 11.6. The Hall–Kier alpha value is -2.04. The van der Waals surface area contributed by atoms with Crippen molar-refractivity contribution in [3.8, 4) is 5.75 Å². The van der Waals surface area contributed by atoms with Crippen molar-refractivity contribution in [1.82, 2.24) is 5.32 Å². The number of piperidine rings is 1. The largest absolute Gasteiger partial charge is 0.491 e. The summed E-state index contributed by atoms with van der Waals surface area (Å²) in [6, 6.07) is 7.40. The Morgan fingerprint density at radius 3 is 2.95 bits per heavy atom. The van der Waals surface area contributed by atoms with Gasteiger partial charge in [0.1, 0.15) is 5.75 Å². The summed E-state index contributed by atoms with van der Waals surface area (Å²) >= 11 is 0. The number of anilines is 1. The van der Waals surface area contributed by atoms with E-state index in [1.54, 1.807) is 0 Å². The van der Waals surface area contributed by atoms with Crippen LogP contribution >= 0.6 is 0 Å². The number of para-hydroxylation sites is 2. The van der Waals surface area contributed by atoms with Gasteiger partial charge < -0.3 is 15.4 Å². The van der Waals surface area contributed by atoms with Gasteiger partial charge in [0.25, 0.3) is 0 Å². The molecule has 0 saturated carbocycles. The van der Waals surface area contributed by atoms with E-state index in [1.807, 2.05) is 31.2 Å². The lowest BCUT2D eigenvalue weighted by molar-refractivity contribution is -0.126. The van der Waals surface area contributed by atoms with Crippen molar-refractivity contribution in [3.05, 3.63) is 24.3 Å². The molecule has 0 radical (unpaired) electrons. The smallest absolute Gasteiger partial charge is 0.229 e. The molecule has 108 valence electrons. The number of nitrogens with one attached hydrogen (secondary N) is 2. The van der Waals surface area contributed by atoms with Crippen molar-refractivity contribution in [2.24, 2.45) is 5.92 Å². The summed E-state index contributed by atoms with van der Waals surface area (Å²) in [5, 5.41) is 5.61. The maximum Gasteiger partial charge on any atom is 0.229 e. The third-order valence-electron chi connectivity index (χ3n) is 3.24. The maximum absolute atomic E-state index is 12.2. The first-order chi connectivity index (χ1) is 9.70. The average molecular weight is 276 g/mol. The van der Waals surface area contributed by atoms with Gasteiger partial charge in [-0.1, -0.05) is 19.1 Å². The summed E-state index contributed by atoms with van der Waals surface area (Å²) in [7, 11) is 0. The lowest BCUT2D eigenvalue weighted by atomic mass is 9.98. The quantitative estimate of drug-likeness (QED) is 0.863. The molecule has 1 aliphatic heterocycles. The first-order valence-electron chi connectivity index (χ1n) is 7.00. The van der Waals surface area contributed by atoms with Crippen molar-refractivity contribution < 1.29 is 14.3 Å². The van der Waals surface area contributed by atoms with Crippen molar-refractivity contribution in [1.29, 1.82) is 0 Å². The van der Waals surface area contributed by atoms with Crippen LogP contribution in [-0.2, 0) is 9.59 Å². The molecule has 2 amide bonds. The van der Waals surface area contributed by atoms with Crippen LogP contribution in [-0.4, -0.2) is 25.0 Å². The van der Waals surface area contributed by atoms with E-state index in [9.17, 15) is 9.59 Å². The first-order valence-corrected chi connectivity index (χ1v) is 7.00. The average Bonchev–Trinajstić information content (AvgIpc) is 2.47. The van der Waals surface area contributed by atoms with E-state index in [4.69, 9.17) is 4.74 Å². The monoisotopic (exact) mass is 276 g/mol. The van der Waals surface area contributed by atoms with Gasteiger partial charge in [-0.05, 0) is 25.0 Å². The Morgan fingerprint density at radius 2 is 2.25 bits per heavy atom. The molecule has 1 heterocycles. The van der Waals surface area contributed by atoms with Gasteiger partial charge >= 0.3 is 0 Å². The van der Waals surface area contributed by atoms with Crippen LogP contribution in [0, 0.1) is 5.92 Å². The molecule has 20 heavy (non-hydrogen) atoms. The molecule has 0 aromatic heterocycles. The van der Waals surface area contributed by atoms with Crippen molar-refractivity contribution >= 4 is 17.5 Å². The van der Waals surface area contributed by atoms with Crippen LogP contribution < -0.4 is 15.4 Å². The summed E-state index contributed by atoms with van der Waals surface area (Å²) in [4.78, 5) is 23.3. The topological polar surface area (TPSA) is 67.4 Å². The minimum absolute atomic E-state index is 0.0146. The summed E-state index contributed by atoms with van der Waals surface area (Å²) in [6.07, 6.45) is 1.92. The van der Waals surface area contributed by atoms with Crippen LogP contribution in [0.2, 0.25) is 0 Å². The maximum atomic E-state index is 12.2. The molecule has 1 aromatic rings. The fraction of sp³-hybridized carbons (Fsp3) is 0.467. The van der Waals surface area contributed by atoms with Crippen LogP contribution in [0.25, 0.3) is 0 Å². The van der Waals surface area contributed by atoms with Crippen LogP contribution in [0.15, 0.2) is 24.3 Å². The van der Waals surface area contributed by atoms with Gasteiger partial charge in [0, 0.05) is 13.0 Å². The highest BCUT2D eigenvalue weighted by molar-refractivity contribution is 5.95. The number of carbonyl (C=O) groups excluding carboxylic acids is 2. The molecular formula is C15H20N2O3. The molecule has 1 unspecified atom stereocenters. The van der Waals surface area contributed by atoms with Gasteiger partial charge in [0.2, 0.25) is 11.8 Å². The van der Waals surface area contributed by atoms with E-state index in [0.29, 0.717) is 37.4 Å². The van der Waals surface area contributed by atoms with Gasteiger partial charge in [0.15, 0.2) is 0 Å². The lowest BCUT2D eigenvalue weighted by Crippen LogP contribution is -2.40. The molecule has 1 fully saturated rings. The van der Waals surface area contributed by atoms with E-state index < -0.39 is 0 Å². The van der Waals surface area contributed by atoms with Gasteiger partial charge in [-0.2, -0.15) is 0 Å². The fourth-order valence-electron chi connectivity index (χ4n) is 2.10. The highest BCUT2D eigenvalue weighted by atomic mass is 16.5. The molecular weight excluding hydrogens is 256 g/mol. The SMILES string of the molecule is CCCOc1ccccc1NC(=O)C1CCC(=O)NC1.